The molecule has 0 spiro atoms. The van der Waals surface area contributed by atoms with Crippen molar-refractivity contribution in [3.05, 3.63) is 12.3 Å². The standard InChI is InChI=1S/C14H24N4/c1-4-15-14-16-9-7-13(17-14)18(12-5-6-12)10-8-11(2)3/h7,9,11-12H,4-6,8,10H2,1-3H3,(H,15,16,17). The molecule has 0 aromatic carbocycles. The Hall–Kier alpha value is -1.32. The number of aromatic nitrogens is 2. The van der Waals surface area contributed by atoms with Crippen molar-refractivity contribution >= 4 is 11.8 Å². The quantitative estimate of drug-likeness (QED) is 0.805. The topological polar surface area (TPSA) is 41.1 Å². The Balaban J connectivity index is 2.06. The third kappa shape index (κ3) is 3.59. The fraction of sp³-hybridized carbons (Fsp3) is 0.714. The van der Waals surface area contributed by atoms with Crippen molar-refractivity contribution < 1.29 is 0 Å². The summed E-state index contributed by atoms with van der Waals surface area (Å²) in [6.07, 6.45) is 5.68. The average Bonchev–Trinajstić information content (AvgIpc) is 3.14. The van der Waals surface area contributed by atoms with Crippen LogP contribution in [0.1, 0.15) is 40.0 Å². The summed E-state index contributed by atoms with van der Waals surface area (Å²) in [5.41, 5.74) is 0. The highest BCUT2D eigenvalue weighted by Crippen LogP contribution is 2.31. The SMILES string of the molecule is CCNc1nccc(N(CCC(C)C)C2CC2)n1. The van der Waals surface area contributed by atoms with E-state index in [2.05, 4.69) is 41.0 Å². The second-order valence-corrected chi connectivity index (χ2v) is 5.38. The lowest BCUT2D eigenvalue weighted by Crippen LogP contribution is -2.28. The first-order chi connectivity index (χ1) is 8.70. The first-order valence-corrected chi connectivity index (χ1v) is 7.04. The van der Waals surface area contributed by atoms with Gasteiger partial charge in [0, 0.05) is 25.3 Å². The lowest BCUT2D eigenvalue weighted by molar-refractivity contribution is 0.568. The fourth-order valence-corrected chi connectivity index (χ4v) is 2.02. The Morgan fingerprint density at radius 1 is 1.44 bits per heavy atom. The van der Waals surface area contributed by atoms with Gasteiger partial charge in [0.2, 0.25) is 5.95 Å². The highest BCUT2D eigenvalue weighted by molar-refractivity contribution is 5.44. The molecule has 0 radical (unpaired) electrons. The zero-order chi connectivity index (χ0) is 13.0. The fourth-order valence-electron chi connectivity index (χ4n) is 2.02. The van der Waals surface area contributed by atoms with Gasteiger partial charge in [0.1, 0.15) is 5.82 Å². The first-order valence-electron chi connectivity index (χ1n) is 7.04. The normalized spacial score (nSPS) is 14.9. The Morgan fingerprint density at radius 3 is 2.83 bits per heavy atom. The van der Waals surface area contributed by atoms with Crippen LogP contribution in [0, 0.1) is 5.92 Å². The molecule has 1 saturated carbocycles. The smallest absolute Gasteiger partial charge is 0.224 e. The van der Waals surface area contributed by atoms with Gasteiger partial charge < -0.3 is 10.2 Å². The summed E-state index contributed by atoms with van der Waals surface area (Å²) in [5.74, 6) is 2.55. The van der Waals surface area contributed by atoms with Crippen LogP contribution in [0.2, 0.25) is 0 Å². The Kier molecular flexibility index (Phi) is 4.39. The molecule has 0 atom stereocenters. The molecule has 0 saturated heterocycles. The number of hydrogen-bond donors (Lipinski definition) is 1. The maximum absolute atomic E-state index is 4.61. The van der Waals surface area contributed by atoms with E-state index in [0.29, 0.717) is 6.04 Å². The Bertz CT molecular complexity index is 374. The maximum atomic E-state index is 4.61. The molecule has 1 aromatic heterocycles. The molecule has 0 unspecified atom stereocenters. The number of hydrogen-bond acceptors (Lipinski definition) is 4. The van der Waals surface area contributed by atoms with Gasteiger partial charge in [-0.15, -0.1) is 0 Å². The van der Waals surface area contributed by atoms with Gasteiger partial charge in [-0.25, -0.2) is 4.98 Å². The van der Waals surface area contributed by atoms with Crippen LogP contribution in [-0.4, -0.2) is 29.1 Å². The van der Waals surface area contributed by atoms with Crippen LogP contribution >= 0.6 is 0 Å². The number of nitrogens with one attached hydrogen (secondary N) is 1. The van der Waals surface area contributed by atoms with Gasteiger partial charge in [0.05, 0.1) is 0 Å². The molecule has 1 aliphatic carbocycles. The Morgan fingerprint density at radius 2 is 2.22 bits per heavy atom. The lowest BCUT2D eigenvalue weighted by atomic mass is 10.1. The van der Waals surface area contributed by atoms with Gasteiger partial charge in [-0.3, -0.25) is 0 Å². The molecule has 1 heterocycles. The first kappa shape index (κ1) is 13.1. The van der Waals surface area contributed by atoms with Crippen molar-refractivity contribution in [1.29, 1.82) is 0 Å². The zero-order valence-electron chi connectivity index (χ0n) is 11.7. The molecular formula is C14H24N4. The van der Waals surface area contributed by atoms with Crippen molar-refractivity contribution in [2.24, 2.45) is 5.92 Å². The van der Waals surface area contributed by atoms with E-state index in [0.717, 1.165) is 30.8 Å². The van der Waals surface area contributed by atoms with Crippen LogP contribution in [0.25, 0.3) is 0 Å². The molecule has 4 heteroatoms. The van der Waals surface area contributed by atoms with E-state index in [4.69, 9.17) is 0 Å². The van der Waals surface area contributed by atoms with Gasteiger partial charge >= 0.3 is 0 Å². The van der Waals surface area contributed by atoms with E-state index in [-0.39, 0.29) is 0 Å². The largest absolute Gasteiger partial charge is 0.354 e. The molecule has 0 bridgehead atoms. The van der Waals surface area contributed by atoms with Gasteiger partial charge in [-0.2, -0.15) is 4.98 Å². The van der Waals surface area contributed by atoms with E-state index >= 15 is 0 Å². The van der Waals surface area contributed by atoms with Crippen molar-refractivity contribution in [2.75, 3.05) is 23.3 Å². The van der Waals surface area contributed by atoms with Gasteiger partial charge in [0.15, 0.2) is 0 Å². The van der Waals surface area contributed by atoms with Crippen LogP contribution in [0.15, 0.2) is 12.3 Å². The van der Waals surface area contributed by atoms with E-state index in [1.165, 1.54) is 19.3 Å². The summed E-state index contributed by atoms with van der Waals surface area (Å²) < 4.78 is 0. The van der Waals surface area contributed by atoms with E-state index < -0.39 is 0 Å². The van der Waals surface area contributed by atoms with Crippen LogP contribution in [0.3, 0.4) is 0 Å². The third-order valence-corrected chi connectivity index (χ3v) is 3.21. The molecule has 4 nitrogen and oxygen atoms in total. The predicted octanol–water partition coefficient (Wildman–Crippen LogP) is 2.92. The van der Waals surface area contributed by atoms with E-state index in [1.54, 1.807) is 0 Å². The van der Waals surface area contributed by atoms with Crippen molar-refractivity contribution in [3.8, 4) is 0 Å². The minimum Gasteiger partial charge on any atom is -0.354 e. The van der Waals surface area contributed by atoms with E-state index in [9.17, 15) is 0 Å². The molecule has 1 aromatic rings. The predicted molar refractivity (Wildman–Crippen MR) is 76.0 cm³/mol. The Labute approximate surface area is 110 Å². The number of anilines is 2. The number of rotatable bonds is 7. The summed E-state index contributed by atoms with van der Waals surface area (Å²) in [7, 11) is 0. The second kappa shape index (κ2) is 6.03. The molecule has 1 N–H and O–H groups in total. The molecular weight excluding hydrogens is 224 g/mol. The van der Waals surface area contributed by atoms with Crippen LogP contribution in [0.4, 0.5) is 11.8 Å². The average molecular weight is 248 g/mol. The summed E-state index contributed by atoms with van der Waals surface area (Å²) in [6, 6.07) is 2.73. The second-order valence-electron chi connectivity index (χ2n) is 5.38. The van der Waals surface area contributed by atoms with E-state index in [1.807, 2.05) is 12.3 Å². The monoisotopic (exact) mass is 248 g/mol. The third-order valence-electron chi connectivity index (χ3n) is 3.21. The van der Waals surface area contributed by atoms with Gasteiger partial charge in [-0.05, 0) is 38.2 Å². The molecule has 0 aliphatic heterocycles. The maximum Gasteiger partial charge on any atom is 0.224 e. The summed E-state index contributed by atoms with van der Waals surface area (Å²) in [4.78, 5) is 11.3. The van der Waals surface area contributed by atoms with Crippen LogP contribution in [-0.2, 0) is 0 Å². The molecule has 0 amide bonds. The summed E-state index contributed by atoms with van der Waals surface area (Å²) >= 11 is 0. The minimum atomic E-state index is 0.702. The van der Waals surface area contributed by atoms with Gasteiger partial charge in [-0.1, -0.05) is 13.8 Å². The van der Waals surface area contributed by atoms with Crippen LogP contribution in [0.5, 0.6) is 0 Å². The molecule has 1 fully saturated rings. The highest BCUT2D eigenvalue weighted by atomic mass is 15.3. The number of nitrogens with zero attached hydrogens (tertiary/aromatic N) is 3. The highest BCUT2D eigenvalue weighted by Gasteiger charge is 2.29. The summed E-state index contributed by atoms with van der Waals surface area (Å²) in [6.45, 7) is 8.57. The zero-order valence-corrected chi connectivity index (χ0v) is 11.7. The van der Waals surface area contributed by atoms with Crippen molar-refractivity contribution in [2.45, 2.75) is 46.1 Å². The molecule has 2 rings (SSSR count). The van der Waals surface area contributed by atoms with Gasteiger partial charge in [0.25, 0.3) is 0 Å². The molecule has 100 valence electrons. The minimum absolute atomic E-state index is 0.702. The van der Waals surface area contributed by atoms with Crippen molar-refractivity contribution in [1.82, 2.24) is 9.97 Å². The summed E-state index contributed by atoms with van der Waals surface area (Å²) in [5, 5.41) is 3.18. The lowest BCUT2D eigenvalue weighted by Gasteiger charge is -2.24. The molecule has 1 aliphatic rings. The van der Waals surface area contributed by atoms with Crippen LogP contribution < -0.4 is 10.2 Å². The molecule has 18 heavy (non-hydrogen) atoms. The van der Waals surface area contributed by atoms with Crippen molar-refractivity contribution in [3.63, 3.8) is 0 Å².